The third-order valence-corrected chi connectivity index (χ3v) is 4.20. The van der Waals surface area contributed by atoms with Gasteiger partial charge in [0, 0.05) is 5.56 Å². The lowest BCUT2D eigenvalue weighted by Gasteiger charge is -2.09. The van der Waals surface area contributed by atoms with Crippen LogP contribution in [0.1, 0.15) is 10.4 Å². The Kier molecular flexibility index (Phi) is 4.40. The molecule has 0 atom stereocenters. The van der Waals surface area contributed by atoms with Gasteiger partial charge in [-0.1, -0.05) is 12.1 Å². The fourth-order valence-electron chi connectivity index (χ4n) is 1.65. The van der Waals surface area contributed by atoms with E-state index in [1.807, 2.05) is 0 Å². The first-order valence-corrected chi connectivity index (χ1v) is 8.01. The lowest BCUT2D eigenvalue weighted by Crippen LogP contribution is -2.18. The highest BCUT2D eigenvalue weighted by molar-refractivity contribution is 9.10. The Morgan fingerprint density at radius 3 is 2.48 bits per heavy atom. The van der Waals surface area contributed by atoms with E-state index in [2.05, 4.69) is 21.2 Å². The molecule has 0 fully saturated rings. The fourth-order valence-corrected chi connectivity index (χ4v) is 2.72. The molecule has 0 saturated carbocycles. The molecule has 2 aromatic rings. The number of carbonyl (C=O) groups excluding carboxylic acids is 1. The predicted molar refractivity (Wildman–Crippen MR) is 79.9 cm³/mol. The van der Waals surface area contributed by atoms with Crippen molar-refractivity contribution in [2.24, 2.45) is 5.14 Å². The van der Waals surface area contributed by atoms with Crippen LogP contribution in [0.2, 0.25) is 0 Å². The number of anilines is 1. The number of nitrogens with two attached hydrogens (primary N) is 1. The normalized spacial score (nSPS) is 11.2. The molecule has 0 aliphatic heterocycles. The van der Waals surface area contributed by atoms with E-state index in [0.29, 0.717) is 0 Å². The number of amides is 1. The molecule has 0 spiro atoms. The van der Waals surface area contributed by atoms with Crippen LogP contribution in [-0.4, -0.2) is 14.3 Å². The van der Waals surface area contributed by atoms with Gasteiger partial charge in [0.1, 0.15) is 10.7 Å². The van der Waals surface area contributed by atoms with E-state index in [1.165, 1.54) is 30.3 Å². The minimum absolute atomic E-state index is 0.0606. The largest absolute Gasteiger partial charge is 0.321 e. The summed E-state index contributed by atoms with van der Waals surface area (Å²) in [5, 5.41) is 7.52. The first kappa shape index (κ1) is 15.6. The maximum Gasteiger partial charge on any atom is 0.255 e. The summed E-state index contributed by atoms with van der Waals surface area (Å²) in [6.07, 6.45) is 0. The summed E-state index contributed by atoms with van der Waals surface area (Å²) >= 11 is 2.98. The first-order chi connectivity index (χ1) is 9.79. The van der Waals surface area contributed by atoms with Gasteiger partial charge in [0.05, 0.1) is 10.2 Å². The van der Waals surface area contributed by atoms with Crippen LogP contribution in [0.15, 0.2) is 51.8 Å². The average Bonchev–Trinajstić information content (AvgIpc) is 2.41. The number of hydrogen-bond acceptors (Lipinski definition) is 3. The zero-order chi connectivity index (χ0) is 15.6. The second-order valence-electron chi connectivity index (χ2n) is 4.12. The number of carbonyl (C=O) groups is 1. The predicted octanol–water partition coefficient (Wildman–Crippen LogP) is 2.49. The smallest absolute Gasteiger partial charge is 0.255 e. The highest BCUT2D eigenvalue weighted by Gasteiger charge is 2.16. The molecule has 0 aromatic heterocycles. The molecule has 5 nitrogen and oxygen atoms in total. The summed E-state index contributed by atoms with van der Waals surface area (Å²) in [6, 6.07) is 9.46. The lowest BCUT2D eigenvalue weighted by molar-refractivity contribution is 0.102. The minimum Gasteiger partial charge on any atom is -0.321 e. The van der Waals surface area contributed by atoms with Gasteiger partial charge in [0.15, 0.2) is 0 Å². The SMILES string of the molecule is NS(=O)(=O)c1ccccc1NC(=O)c1ccc(F)c(Br)c1. The van der Waals surface area contributed by atoms with Crippen molar-refractivity contribution >= 4 is 37.5 Å². The second kappa shape index (κ2) is 5.92. The fraction of sp³-hybridized carbons (Fsp3) is 0. The van der Waals surface area contributed by atoms with Crippen molar-refractivity contribution in [2.45, 2.75) is 4.90 Å². The van der Waals surface area contributed by atoms with Crippen molar-refractivity contribution in [3.05, 3.63) is 58.3 Å². The molecule has 0 saturated heterocycles. The third-order valence-electron chi connectivity index (χ3n) is 2.62. The molecule has 0 aliphatic carbocycles. The third kappa shape index (κ3) is 3.66. The Morgan fingerprint density at radius 2 is 1.86 bits per heavy atom. The number of nitrogens with one attached hydrogen (secondary N) is 1. The van der Waals surface area contributed by atoms with Gasteiger partial charge in [-0.3, -0.25) is 4.79 Å². The van der Waals surface area contributed by atoms with Crippen molar-refractivity contribution in [2.75, 3.05) is 5.32 Å². The molecule has 1 amide bonds. The van der Waals surface area contributed by atoms with Crippen LogP contribution in [0.4, 0.5) is 10.1 Å². The Labute approximate surface area is 129 Å². The highest BCUT2D eigenvalue weighted by atomic mass is 79.9. The van der Waals surface area contributed by atoms with Crippen LogP contribution in [-0.2, 0) is 10.0 Å². The van der Waals surface area contributed by atoms with E-state index in [4.69, 9.17) is 5.14 Å². The zero-order valence-corrected chi connectivity index (χ0v) is 12.9. The Bertz CT molecular complexity index is 809. The van der Waals surface area contributed by atoms with E-state index < -0.39 is 21.7 Å². The van der Waals surface area contributed by atoms with Crippen molar-refractivity contribution in [3.8, 4) is 0 Å². The lowest BCUT2D eigenvalue weighted by atomic mass is 10.2. The van der Waals surface area contributed by atoms with Gasteiger partial charge in [-0.25, -0.2) is 17.9 Å². The van der Waals surface area contributed by atoms with Crippen molar-refractivity contribution in [3.63, 3.8) is 0 Å². The van der Waals surface area contributed by atoms with E-state index in [-0.39, 0.29) is 20.6 Å². The Hall–Kier alpha value is -1.77. The summed E-state index contributed by atoms with van der Waals surface area (Å²) in [5.74, 6) is -1.08. The zero-order valence-electron chi connectivity index (χ0n) is 10.5. The number of halogens is 2. The van der Waals surface area contributed by atoms with Crippen LogP contribution in [0.3, 0.4) is 0 Å². The van der Waals surface area contributed by atoms with Gasteiger partial charge >= 0.3 is 0 Å². The molecule has 2 rings (SSSR count). The van der Waals surface area contributed by atoms with Crippen LogP contribution in [0, 0.1) is 5.82 Å². The topological polar surface area (TPSA) is 89.3 Å². The standard InChI is InChI=1S/C13H10BrFN2O3S/c14-9-7-8(5-6-10(9)15)13(18)17-11-3-1-2-4-12(11)21(16,19)20/h1-7H,(H,17,18)(H2,16,19,20). The average molecular weight is 373 g/mol. The molecular weight excluding hydrogens is 363 g/mol. The van der Waals surface area contributed by atoms with Gasteiger partial charge in [-0.2, -0.15) is 0 Å². The number of hydrogen-bond donors (Lipinski definition) is 2. The minimum atomic E-state index is -3.96. The van der Waals surface area contributed by atoms with Crippen LogP contribution in [0.5, 0.6) is 0 Å². The quantitative estimate of drug-likeness (QED) is 0.866. The molecular formula is C13H10BrFN2O3S. The Balaban J connectivity index is 2.34. The summed E-state index contributed by atoms with van der Waals surface area (Å²) in [7, 11) is -3.96. The first-order valence-electron chi connectivity index (χ1n) is 5.67. The number of benzene rings is 2. The molecule has 110 valence electrons. The van der Waals surface area contributed by atoms with Crippen molar-refractivity contribution < 1.29 is 17.6 Å². The molecule has 8 heteroatoms. The van der Waals surface area contributed by atoms with E-state index in [9.17, 15) is 17.6 Å². The van der Waals surface area contributed by atoms with Crippen molar-refractivity contribution in [1.82, 2.24) is 0 Å². The molecule has 0 aliphatic rings. The maximum atomic E-state index is 13.1. The van der Waals surface area contributed by atoms with E-state index >= 15 is 0 Å². The van der Waals surface area contributed by atoms with Crippen LogP contribution >= 0.6 is 15.9 Å². The molecule has 0 radical (unpaired) electrons. The second-order valence-corrected chi connectivity index (χ2v) is 6.51. The summed E-state index contributed by atoms with van der Waals surface area (Å²) in [4.78, 5) is 11.9. The number of sulfonamides is 1. The van der Waals surface area contributed by atoms with Crippen molar-refractivity contribution in [1.29, 1.82) is 0 Å². The van der Waals surface area contributed by atoms with Crippen LogP contribution < -0.4 is 10.5 Å². The molecule has 2 aromatic carbocycles. The summed E-state index contributed by atoms with van der Waals surface area (Å²) < 4.78 is 36.1. The molecule has 0 unspecified atom stereocenters. The van der Waals surface area contributed by atoms with Gasteiger partial charge in [-0.05, 0) is 46.3 Å². The van der Waals surface area contributed by atoms with Gasteiger partial charge in [0.2, 0.25) is 10.0 Å². The molecule has 0 heterocycles. The summed E-state index contributed by atoms with van der Waals surface area (Å²) in [6.45, 7) is 0. The van der Waals surface area contributed by atoms with Gasteiger partial charge < -0.3 is 5.32 Å². The monoisotopic (exact) mass is 372 g/mol. The highest BCUT2D eigenvalue weighted by Crippen LogP contribution is 2.21. The van der Waals surface area contributed by atoms with Gasteiger partial charge in [0.25, 0.3) is 5.91 Å². The Morgan fingerprint density at radius 1 is 1.19 bits per heavy atom. The number of primary sulfonamides is 1. The maximum absolute atomic E-state index is 13.1. The van der Waals surface area contributed by atoms with Crippen LogP contribution in [0.25, 0.3) is 0 Å². The number of para-hydroxylation sites is 1. The molecule has 0 bridgehead atoms. The van der Waals surface area contributed by atoms with E-state index in [0.717, 1.165) is 6.07 Å². The molecule has 3 N–H and O–H groups in total. The summed E-state index contributed by atoms with van der Waals surface area (Å²) in [5.41, 5.74) is 0.234. The van der Waals surface area contributed by atoms with E-state index in [1.54, 1.807) is 6.07 Å². The van der Waals surface area contributed by atoms with Gasteiger partial charge in [-0.15, -0.1) is 0 Å². The molecule has 21 heavy (non-hydrogen) atoms. The number of rotatable bonds is 3.